The smallest absolute Gasteiger partial charge is 0.338 e. The number of carbonyl (C=O) groups excluding carboxylic acids is 1. The number of thiophene rings is 1. The van der Waals surface area contributed by atoms with Gasteiger partial charge in [-0.05, 0) is 36.7 Å². The van der Waals surface area contributed by atoms with Crippen molar-refractivity contribution in [2.45, 2.75) is 38.3 Å². The van der Waals surface area contributed by atoms with Gasteiger partial charge in [0.25, 0.3) is 0 Å². The molecule has 8 heteroatoms. The van der Waals surface area contributed by atoms with Crippen molar-refractivity contribution in [3.63, 3.8) is 0 Å². The van der Waals surface area contributed by atoms with Gasteiger partial charge in [0, 0.05) is 21.8 Å². The fraction of sp³-hybridized carbons (Fsp3) is 0.500. The molecule has 1 aromatic heterocycles. The van der Waals surface area contributed by atoms with E-state index in [0.717, 1.165) is 0 Å². The van der Waals surface area contributed by atoms with Gasteiger partial charge in [-0.1, -0.05) is 0 Å². The molecule has 0 saturated carbocycles. The van der Waals surface area contributed by atoms with Crippen LogP contribution in [0.5, 0.6) is 0 Å². The van der Waals surface area contributed by atoms with Gasteiger partial charge < -0.3 is 21.3 Å². The lowest BCUT2D eigenvalue weighted by atomic mass is 9.92. The minimum absolute atomic E-state index is 0.243. The fourth-order valence-corrected chi connectivity index (χ4v) is 2.89. The van der Waals surface area contributed by atoms with Gasteiger partial charge in [-0.3, -0.25) is 0 Å². The van der Waals surface area contributed by atoms with Crippen LogP contribution in [-0.4, -0.2) is 28.2 Å². The standard InChI is InChI=1S/C12H17BrN2O4S/c1-11(2,3)19-10(18)12(15,9(16)17)4-6-7(13)5-20-8(6)14/h5H,4,14-15H2,1-3H3,(H,16,17). The van der Waals surface area contributed by atoms with Gasteiger partial charge in [-0.15, -0.1) is 11.3 Å². The molecule has 20 heavy (non-hydrogen) atoms. The number of carboxylic acid groups (broad SMARTS) is 1. The molecule has 6 nitrogen and oxygen atoms in total. The maximum atomic E-state index is 12.1. The highest BCUT2D eigenvalue weighted by Gasteiger charge is 2.46. The monoisotopic (exact) mass is 364 g/mol. The summed E-state index contributed by atoms with van der Waals surface area (Å²) in [5.41, 5.74) is 9.03. The Bertz CT molecular complexity index is 519. The second-order valence-corrected chi connectivity index (χ2v) is 7.15. The normalized spacial score (nSPS) is 14.7. The molecule has 0 fully saturated rings. The zero-order valence-electron chi connectivity index (χ0n) is 11.4. The SMILES string of the molecule is CC(C)(C)OC(=O)C(N)(Cc1c(Br)csc1N)C(=O)O. The number of nitrogens with two attached hydrogens (primary N) is 2. The molecule has 0 spiro atoms. The Labute approximate surface area is 129 Å². The number of rotatable bonds is 4. The van der Waals surface area contributed by atoms with E-state index in [4.69, 9.17) is 16.2 Å². The van der Waals surface area contributed by atoms with Gasteiger partial charge in [0.15, 0.2) is 0 Å². The van der Waals surface area contributed by atoms with Crippen molar-refractivity contribution in [2.75, 3.05) is 5.73 Å². The second-order valence-electron chi connectivity index (χ2n) is 5.38. The number of halogens is 1. The minimum atomic E-state index is -2.18. The predicted molar refractivity (Wildman–Crippen MR) is 80.5 cm³/mol. The summed E-state index contributed by atoms with van der Waals surface area (Å²) >= 11 is 4.50. The summed E-state index contributed by atoms with van der Waals surface area (Å²) in [5, 5.41) is 11.4. The number of anilines is 1. The Morgan fingerprint density at radius 2 is 2.00 bits per heavy atom. The molecule has 0 aliphatic heterocycles. The second kappa shape index (κ2) is 5.71. The summed E-state index contributed by atoms with van der Waals surface area (Å²) in [7, 11) is 0. The predicted octanol–water partition coefficient (Wildman–Crippen LogP) is 1.76. The molecular formula is C12H17BrN2O4S. The van der Waals surface area contributed by atoms with Gasteiger partial charge in [-0.25, -0.2) is 9.59 Å². The van der Waals surface area contributed by atoms with E-state index in [2.05, 4.69) is 15.9 Å². The molecule has 0 saturated heterocycles. The highest BCUT2D eigenvalue weighted by Crippen LogP contribution is 2.33. The first kappa shape index (κ1) is 16.9. The summed E-state index contributed by atoms with van der Waals surface area (Å²) < 4.78 is 5.72. The van der Waals surface area contributed by atoms with Crippen molar-refractivity contribution < 1.29 is 19.4 Å². The summed E-state index contributed by atoms with van der Waals surface area (Å²) in [6, 6.07) is 0. The number of aliphatic carboxylic acids is 1. The van der Waals surface area contributed by atoms with E-state index in [0.29, 0.717) is 15.0 Å². The first-order valence-corrected chi connectivity index (χ1v) is 7.41. The van der Waals surface area contributed by atoms with E-state index >= 15 is 0 Å². The first-order chi connectivity index (χ1) is 8.97. The average Bonchev–Trinajstić information content (AvgIpc) is 2.57. The van der Waals surface area contributed by atoms with E-state index in [1.807, 2.05) is 0 Å². The van der Waals surface area contributed by atoms with Crippen molar-refractivity contribution in [2.24, 2.45) is 5.73 Å². The molecule has 1 heterocycles. The van der Waals surface area contributed by atoms with Gasteiger partial charge in [0.05, 0.1) is 5.00 Å². The molecule has 1 atom stereocenters. The van der Waals surface area contributed by atoms with Crippen LogP contribution in [-0.2, 0) is 20.7 Å². The Morgan fingerprint density at radius 3 is 2.35 bits per heavy atom. The molecule has 0 aliphatic rings. The number of hydrogen-bond acceptors (Lipinski definition) is 6. The summed E-state index contributed by atoms with van der Waals surface area (Å²) in [6.45, 7) is 4.92. The molecule has 0 bridgehead atoms. The maximum absolute atomic E-state index is 12.1. The van der Waals surface area contributed by atoms with Crippen molar-refractivity contribution in [3.8, 4) is 0 Å². The lowest BCUT2D eigenvalue weighted by molar-refractivity contribution is -0.169. The third-order valence-corrected chi connectivity index (χ3v) is 4.34. The van der Waals surface area contributed by atoms with E-state index in [9.17, 15) is 14.7 Å². The van der Waals surface area contributed by atoms with E-state index < -0.39 is 23.1 Å². The minimum Gasteiger partial charge on any atom is -0.479 e. The molecule has 0 radical (unpaired) electrons. The van der Waals surface area contributed by atoms with Crippen molar-refractivity contribution in [1.29, 1.82) is 0 Å². The topological polar surface area (TPSA) is 116 Å². The van der Waals surface area contributed by atoms with Crippen LogP contribution in [0.4, 0.5) is 5.00 Å². The summed E-state index contributed by atoms with van der Waals surface area (Å²) in [4.78, 5) is 23.5. The van der Waals surface area contributed by atoms with Crippen LogP contribution in [0.3, 0.4) is 0 Å². The van der Waals surface area contributed by atoms with E-state index in [-0.39, 0.29) is 6.42 Å². The van der Waals surface area contributed by atoms with E-state index in [1.165, 1.54) is 11.3 Å². The Balaban J connectivity index is 3.11. The van der Waals surface area contributed by atoms with Crippen molar-refractivity contribution in [1.82, 2.24) is 0 Å². The number of carboxylic acids is 1. The molecule has 1 rings (SSSR count). The number of carbonyl (C=O) groups is 2. The molecule has 1 aromatic rings. The zero-order chi connectivity index (χ0) is 15.7. The van der Waals surface area contributed by atoms with Gasteiger partial charge in [0.2, 0.25) is 5.54 Å². The van der Waals surface area contributed by atoms with Crippen LogP contribution in [0.25, 0.3) is 0 Å². The molecule has 0 aromatic carbocycles. The highest BCUT2D eigenvalue weighted by molar-refractivity contribution is 9.10. The van der Waals surface area contributed by atoms with Crippen LogP contribution >= 0.6 is 27.3 Å². The van der Waals surface area contributed by atoms with Crippen LogP contribution < -0.4 is 11.5 Å². The largest absolute Gasteiger partial charge is 0.479 e. The molecule has 0 aliphatic carbocycles. The third-order valence-electron chi connectivity index (χ3n) is 2.48. The Hall–Kier alpha value is -1.12. The summed E-state index contributed by atoms with van der Waals surface area (Å²) in [5.74, 6) is -2.45. The zero-order valence-corrected chi connectivity index (χ0v) is 13.8. The fourth-order valence-electron chi connectivity index (χ4n) is 1.43. The number of nitrogen functional groups attached to an aromatic ring is 1. The lowest BCUT2D eigenvalue weighted by Crippen LogP contribution is -2.58. The Kier molecular flexibility index (Phi) is 4.83. The summed E-state index contributed by atoms with van der Waals surface area (Å²) in [6.07, 6.45) is -0.243. The number of ether oxygens (including phenoxy) is 1. The van der Waals surface area contributed by atoms with Crippen LogP contribution in [0.2, 0.25) is 0 Å². The molecule has 112 valence electrons. The van der Waals surface area contributed by atoms with Gasteiger partial charge in [-0.2, -0.15) is 0 Å². The van der Waals surface area contributed by atoms with Crippen LogP contribution in [0, 0.1) is 0 Å². The molecule has 1 unspecified atom stereocenters. The first-order valence-electron chi connectivity index (χ1n) is 5.74. The third kappa shape index (κ3) is 3.71. The highest BCUT2D eigenvalue weighted by atomic mass is 79.9. The van der Waals surface area contributed by atoms with E-state index in [1.54, 1.807) is 26.2 Å². The molecule has 5 N–H and O–H groups in total. The lowest BCUT2D eigenvalue weighted by Gasteiger charge is -2.28. The quantitative estimate of drug-likeness (QED) is 0.553. The molecular weight excluding hydrogens is 348 g/mol. The van der Waals surface area contributed by atoms with Gasteiger partial charge in [0.1, 0.15) is 5.60 Å². The van der Waals surface area contributed by atoms with Crippen LogP contribution in [0.1, 0.15) is 26.3 Å². The van der Waals surface area contributed by atoms with Gasteiger partial charge >= 0.3 is 11.9 Å². The number of hydrogen-bond donors (Lipinski definition) is 3. The molecule has 0 amide bonds. The van der Waals surface area contributed by atoms with Crippen molar-refractivity contribution >= 4 is 44.2 Å². The maximum Gasteiger partial charge on any atom is 0.338 e. The number of esters is 1. The van der Waals surface area contributed by atoms with Crippen LogP contribution in [0.15, 0.2) is 9.85 Å². The van der Waals surface area contributed by atoms with Crippen molar-refractivity contribution in [3.05, 3.63) is 15.4 Å². The average molecular weight is 365 g/mol. The Morgan fingerprint density at radius 1 is 1.45 bits per heavy atom.